The van der Waals surface area contributed by atoms with Crippen LogP contribution in [0.2, 0.25) is 0 Å². The maximum Gasteiger partial charge on any atom is 0.130 e. The number of ether oxygens (including phenoxy) is 1. The summed E-state index contributed by atoms with van der Waals surface area (Å²) >= 11 is 3.37. The molecule has 2 N–H and O–H groups in total. The number of benzene rings is 1. The van der Waals surface area contributed by atoms with Gasteiger partial charge in [0.1, 0.15) is 5.75 Å². The SMILES string of the molecule is Cc1c(C2CNCCO2)ccc(O)c1Br. The van der Waals surface area contributed by atoms with Gasteiger partial charge < -0.3 is 15.2 Å². The first-order valence-electron chi connectivity index (χ1n) is 5.00. The third kappa shape index (κ3) is 2.17. The molecule has 4 heteroatoms. The van der Waals surface area contributed by atoms with Crippen LogP contribution in [0.3, 0.4) is 0 Å². The molecule has 0 bridgehead atoms. The molecule has 1 fully saturated rings. The molecular weight excluding hydrogens is 258 g/mol. The zero-order chi connectivity index (χ0) is 10.8. The summed E-state index contributed by atoms with van der Waals surface area (Å²) in [4.78, 5) is 0. The normalized spacial score (nSPS) is 21.6. The molecule has 1 heterocycles. The van der Waals surface area contributed by atoms with Gasteiger partial charge in [-0.1, -0.05) is 6.07 Å². The van der Waals surface area contributed by atoms with Crippen molar-refractivity contribution in [2.75, 3.05) is 19.7 Å². The predicted octanol–water partition coefficient (Wildman–Crippen LogP) is 2.12. The third-order valence-electron chi connectivity index (χ3n) is 2.68. The largest absolute Gasteiger partial charge is 0.507 e. The minimum atomic E-state index is 0.0932. The summed E-state index contributed by atoms with van der Waals surface area (Å²) in [6, 6.07) is 3.62. The fourth-order valence-electron chi connectivity index (χ4n) is 1.80. The van der Waals surface area contributed by atoms with E-state index in [0.717, 1.165) is 35.3 Å². The summed E-state index contributed by atoms with van der Waals surface area (Å²) in [6.07, 6.45) is 0.0932. The minimum absolute atomic E-state index is 0.0932. The average Bonchev–Trinajstić information content (AvgIpc) is 2.27. The molecule has 1 aromatic rings. The van der Waals surface area contributed by atoms with E-state index < -0.39 is 0 Å². The van der Waals surface area contributed by atoms with E-state index >= 15 is 0 Å². The lowest BCUT2D eigenvalue weighted by Crippen LogP contribution is -2.33. The Hall–Kier alpha value is -0.580. The number of phenolic OH excluding ortho intramolecular Hbond substituents is 1. The number of rotatable bonds is 1. The first kappa shape index (κ1) is 10.9. The highest BCUT2D eigenvalue weighted by atomic mass is 79.9. The predicted molar refractivity (Wildman–Crippen MR) is 62.1 cm³/mol. The van der Waals surface area contributed by atoms with Crippen molar-refractivity contribution in [3.8, 4) is 5.75 Å². The van der Waals surface area contributed by atoms with Gasteiger partial charge in [0, 0.05) is 13.1 Å². The Morgan fingerprint density at radius 1 is 1.53 bits per heavy atom. The summed E-state index contributed by atoms with van der Waals surface area (Å²) in [5.74, 6) is 0.278. The van der Waals surface area contributed by atoms with Crippen LogP contribution >= 0.6 is 15.9 Å². The van der Waals surface area contributed by atoms with E-state index in [1.54, 1.807) is 6.07 Å². The van der Waals surface area contributed by atoms with Crippen molar-refractivity contribution in [1.29, 1.82) is 0 Å². The summed E-state index contributed by atoms with van der Waals surface area (Å²) in [7, 11) is 0. The highest BCUT2D eigenvalue weighted by molar-refractivity contribution is 9.10. The lowest BCUT2D eigenvalue weighted by Gasteiger charge is -2.25. The van der Waals surface area contributed by atoms with Gasteiger partial charge in [0.2, 0.25) is 0 Å². The minimum Gasteiger partial charge on any atom is -0.507 e. The van der Waals surface area contributed by atoms with Crippen molar-refractivity contribution in [2.45, 2.75) is 13.0 Å². The molecule has 0 spiro atoms. The van der Waals surface area contributed by atoms with Crippen LogP contribution < -0.4 is 5.32 Å². The van der Waals surface area contributed by atoms with Gasteiger partial charge in [-0.3, -0.25) is 0 Å². The molecular formula is C11H14BrNO2. The average molecular weight is 272 g/mol. The van der Waals surface area contributed by atoms with Gasteiger partial charge >= 0.3 is 0 Å². The van der Waals surface area contributed by atoms with Crippen LogP contribution in [0.1, 0.15) is 17.2 Å². The second-order valence-corrected chi connectivity index (χ2v) is 4.47. The van der Waals surface area contributed by atoms with E-state index in [1.807, 2.05) is 13.0 Å². The molecule has 0 amide bonds. The highest BCUT2D eigenvalue weighted by Gasteiger charge is 2.19. The molecule has 15 heavy (non-hydrogen) atoms. The molecule has 3 nitrogen and oxygen atoms in total. The molecule has 0 aliphatic carbocycles. The monoisotopic (exact) mass is 271 g/mol. The van der Waals surface area contributed by atoms with E-state index in [1.165, 1.54) is 0 Å². The quantitative estimate of drug-likeness (QED) is 0.822. The molecule has 1 aliphatic heterocycles. The molecule has 1 unspecified atom stereocenters. The standard InChI is InChI=1S/C11H14BrNO2/c1-7-8(2-3-9(14)11(7)12)10-6-13-4-5-15-10/h2-3,10,13-14H,4-6H2,1H3. The number of hydrogen-bond acceptors (Lipinski definition) is 3. The van der Waals surface area contributed by atoms with Crippen molar-refractivity contribution in [3.63, 3.8) is 0 Å². The number of hydrogen-bond donors (Lipinski definition) is 2. The van der Waals surface area contributed by atoms with Crippen LogP contribution in [-0.4, -0.2) is 24.8 Å². The first-order valence-corrected chi connectivity index (χ1v) is 5.79. The molecule has 0 radical (unpaired) electrons. The van der Waals surface area contributed by atoms with Gasteiger partial charge in [-0.05, 0) is 40.0 Å². The molecule has 1 aromatic carbocycles. The molecule has 1 atom stereocenters. The molecule has 82 valence electrons. The second-order valence-electron chi connectivity index (χ2n) is 3.68. The maximum absolute atomic E-state index is 9.52. The van der Waals surface area contributed by atoms with Gasteiger partial charge in [-0.25, -0.2) is 0 Å². The van der Waals surface area contributed by atoms with Crippen LogP contribution in [0, 0.1) is 6.92 Å². The maximum atomic E-state index is 9.52. The van der Waals surface area contributed by atoms with Crippen molar-refractivity contribution in [3.05, 3.63) is 27.7 Å². The van der Waals surface area contributed by atoms with E-state index in [9.17, 15) is 5.11 Å². The van der Waals surface area contributed by atoms with Crippen LogP contribution in [-0.2, 0) is 4.74 Å². The second kappa shape index (κ2) is 4.51. The molecule has 2 rings (SSSR count). The van der Waals surface area contributed by atoms with Crippen LogP contribution in [0.4, 0.5) is 0 Å². The fraction of sp³-hybridized carbons (Fsp3) is 0.455. The molecule has 0 aromatic heterocycles. The summed E-state index contributed by atoms with van der Waals surface area (Å²) in [5, 5.41) is 12.8. The van der Waals surface area contributed by atoms with E-state index in [2.05, 4.69) is 21.2 Å². The number of aromatic hydroxyl groups is 1. The lowest BCUT2D eigenvalue weighted by atomic mass is 10.0. The number of morpholine rings is 1. The molecule has 1 aliphatic rings. The Bertz CT molecular complexity index is 362. The smallest absolute Gasteiger partial charge is 0.130 e. The van der Waals surface area contributed by atoms with Crippen LogP contribution in [0.25, 0.3) is 0 Å². The molecule has 1 saturated heterocycles. The number of nitrogens with one attached hydrogen (secondary N) is 1. The van der Waals surface area contributed by atoms with Gasteiger partial charge in [0.05, 0.1) is 17.2 Å². The van der Waals surface area contributed by atoms with E-state index in [-0.39, 0.29) is 11.9 Å². The Labute approximate surface area is 97.6 Å². The van der Waals surface area contributed by atoms with Crippen LogP contribution in [0.5, 0.6) is 5.75 Å². The zero-order valence-electron chi connectivity index (χ0n) is 8.59. The van der Waals surface area contributed by atoms with Crippen molar-refractivity contribution in [2.24, 2.45) is 0 Å². The van der Waals surface area contributed by atoms with Crippen molar-refractivity contribution in [1.82, 2.24) is 5.32 Å². The van der Waals surface area contributed by atoms with Gasteiger partial charge in [0.25, 0.3) is 0 Å². The Kier molecular flexibility index (Phi) is 3.29. The Morgan fingerprint density at radius 2 is 2.33 bits per heavy atom. The van der Waals surface area contributed by atoms with Crippen molar-refractivity contribution < 1.29 is 9.84 Å². The topological polar surface area (TPSA) is 41.5 Å². The number of halogens is 1. The lowest BCUT2D eigenvalue weighted by molar-refractivity contribution is 0.0272. The fourth-order valence-corrected chi connectivity index (χ4v) is 2.16. The van der Waals surface area contributed by atoms with Gasteiger partial charge in [-0.2, -0.15) is 0 Å². The summed E-state index contributed by atoms with van der Waals surface area (Å²) < 4.78 is 6.43. The Balaban J connectivity index is 2.31. The number of phenols is 1. The van der Waals surface area contributed by atoms with Gasteiger partial charge in [-0.15, -0.1) is 0 Å². The summed E-state index contributed by atoms with van der Waals surface area (Å²) in [6.45, 7) is 4.46. The van der Waals surface area contributed by atoms with Crippen molar-refractivity contribution >= 4 is 15.9 Å². The third-order valence-corrected chi connectivity index (χ3v) is 3.68. The molecule has 0 saturated carbocycles. The van der Waals surface area contributed by atoms with E-state index in [0.29, 0.717) is 0 Å². The summed E-state index contributed by atoms with van der Waals surface area (Å²) in [5.41, 5.74) is 2.18. The first-order chi connectivity index (χ1) is 7.20. The highest BCUT2D eigenvalue weighted by Crippen LogP contribution is 2.33. The Morgan fingerprint density at radius 3 is 3.00 bits per heavy atom. The zero-order valence-corrected chi connectivity index (χ0v) is 10.2. The van der Waals surface area contributed by atoms with Crippen LogP contribution in [0.15, 0.2) is 16.6 Å². The van der Waals surface area contributed by atoms with Gasteiger partial charge in [0.15, 0.2) is 0 Å². The van der Waals surface area contributed by atoms with E-state index in [4.69, 9.17) is 4.74 Å².